The van der Waals surface area contributed by atoms with E-state index in [1.807, 2.05) is 39.1 Å². The van der Waals surface area contributed by atoms with Crippen molar-refractivity contribution in [1.29, 1.82) is 0 Å². The van der Waals surface area contributed by atoms with Gasteiger partial charge >= 0.3 is 0 Å². The van der Waals surface area contributed by atoms with Gasteiger partial charge in [0.15, 0.2) is 5.65 Å². The number of amides is 1. The van der Waals surface area contributed by atoms with E-state index in [0.29, 0.717) is 11.2 Å². The van der Waals surface area contributed by atoms with Crippen LogP contribution in [0.1, 0.15) is 28.7 Å². The van der Waals surface area contributed by atoms with Crippen molar-refractivity contribution in [3.8, 4) is 5.75 Å². The number of hydrogen-bond acceptors (Lipinski definition) is 4. The number of carbonyl (C=O) groups is 1. The zero-order chi connectivity index (χ0) is 17.6. The molecule has 25 heavy (non-hydrogen) atoms. The molecule has 1 aromatic carbocycles. The van der Waals surface area contributed by atoms with Crippen LogP contribution in [0.25, 0.3) is 11.2 Å². The van der Waals surface area contributed by atoms with E-state index in [9.17, 15) is 4.79 Å². The van der Waals surface area contributed by atoms with Crippen LogP contribution in [0.5, 0.6) is 5.75 Å². The van der Waals surface area contributed by atoms with Crippen LogP contribution in [0.4, 0.5) is 0 Å². The molecule has 2 atom stereocenters. The number of ether oxygens (including phenoxy) is 1. The number of rotatable bonds is 3. The van der Waals surface area contributed by atoms with E-state index in [2.05, 4.69) is 21.0 Å². The van der Waals surface area contributed by atoms with Gasteiger partial charge in [-0.15, -0.1) is 0 Å². The van der Waals surface area contributed by atoms with E-state index in [4.69, 9.17) is 4.74 Å². The fourth-order valence-corrected chi connectivity index (χ4v) is 3.25. The standard InChI is InChI=1S/C19H20N4O2/c1-11(17-9-13-6-4-5-7-16(13)25-17)23(3)19(24)14-8-15-18(20-10-14)22-12(2)21-15/h4-8,10-11,17H,9H2,1-3H3,(H,20,21,22)/t11-,17-/m1/s1. The molecule has 0 aliphatic carbocycles. The molecule has 3 aromatic rings. The number of pyridine rings is 1. The van der Waals surface area contributed by atoms with E-state index in [1.54, 1.807) is 17.2 Å². The number of nitrogens with zero attached hydrogens (tertiary/aromatic N) is 3. The lowest BCUT2D eigenvalue weighted by Gasteiger charge is -2.29. The van der Waals surface area contributed by atoms with E-state index < -0.39 is 0 Å². The number of aryl methyl sites for hydroxylation is 1. The molecule has 1 N–H and O–H groups in total. The van der Waals surface area contributed by atoms with Crippen LogP contribution in [0.3, 0.4) is 0 Å². The highest BCUT2D eigenvalue weighted by Gasteiger charge is 2.32. The van der Waals surface area contributed by atoms with Gasteiger partial charge in [0.05, 0.1) is 17.1 Å². The Morgan fingerprint density at radius 1 is 1.40 bits per heavy atom. The molecule has 0 unspecified atom stereocenters. The predicted molar refractivity (Wildman–Crippen MR) is 94.7 cm³/mol. The van der Waals surface area contributed by atoms with Gasteiger partial charge in [0, 0.05) is 19.7 Å². The van der Waals surface area contributed by atoms with E-state index in [1.165, 1.54) is 5.56 Å². The number of imidazole rings is 1. The number of aromatic nitrogens is 3. The summed E-state index contributed by atoms with van der Waals surface area (Å²) in [5, 5.41) is 0. The Morgan fingerprint density at radius 3 is 3.00 bits per heavy atom. The van der Waals surface area contributed by atoms with Crippen LogP contribution in [0.2, 0.25) is 0 Å². The Kier molecular flexibility index (Phi) is 3.67. The summed E-state index contributed by atoms with van der Waals surface area (Å²) < 4.78 is 6.02. The lowest BCUT2D eigenvalue weighted by molar-refractivity contribution is 0.0598. The molecule has 2 aromatic heterocycles. The summed E-state index contributed by atoms with van der Waals surface area (Å²) in [6, 6.07) is 9.77. The van der Waals surface area contributed by atoms with Gasteiger partial charge in [-0.1, -0.05) is 18.2 Å². The van der Waals surface area contributed by atoms with Gasteiger partial charge in [-0.3, -0.25) is 4.79 Å². The van der Waals surface area contributed by atoms with Crippen molar-refractivity contribution in [2.75, 3.05) is 7.05 Å². The molecule has 0 bridgehead atoms. The van der Waals surface area contributed by atoms with Crippen molar-refractivity contribution in [2.45, 2.75) is 32.4 Å². The second-order valence-corrected chi connectivity index (χ2v) is 6.54. The number of aromatic amines is 1. The topological polar surface area (TPSA) is 71.1 Å². The van der Waals surface area contributed by atoms with E-state index in [0.717, 1.165) is 23.5 Å². The van der Waals surface area contributed by atoms with Gasteiger partial charge in [0.25, 0.3) is 5.91 Å². The fourth-order valence-electron chi connectivity index (χ4n) is 3.25. The lowest BCUT2D eigenvalue weighted by Crippen LogP contribution is -2.44. The molecule has 1 amide bonds. The Morgan fingerprint density at radius 2 is 2.20 bits per heavy atom. The molecule has 1 aliphatic heterocycles. The second-order valence-electron chi connectivity index (χ2n) is 6.54. The molecule has 128 valence electrons. The minimum atomic E-state index is -0.0753. The lowest BCUT2D eigenvalue weighted by atomic mass is 10.0. The molecule has 4 rings (SSSR count). The molecule has 1 aliphatic rings. The first-order valence-corrected chi connectivity index (χ1v) is 8.37. The summed E-state index contributed by atoms with van der Waals surface area (Å²) in [6.07, 6.45) is 2.35. The third-order valence-corrected chi connectivity index (χ3v) is 4.84. The summed E-state index contributed by atoms with van der Waals surface area (Å²) in [6.45, 7) is 3.88. The third-order valence-electron chi connectivity index (χ3n) is 4.84. The Bertz CT molecular complexity index is 925. The maximum atomic E-state index is 12.9. The second kappa shape index (κ2) is 5.88. The number of benzene rings is 1. The summed E-state index contributed by atoms with van der Waals surface area (Å²) in [5.41, 5.74) is 3.13. The number of nitrogens with one attached hydrogen (secondary N) is 1. The number of para-hydroxylation sites is 1. The van der Waals surface area contributed by atoms with Crippen molar-refractivity contribution < 1.29 is 9.53 Å². The van der Waals surface area contributed by atoms with Gasteiger partial charge in [-0.25, -0.2) is 9.97 Å². The molecule has 0 saturated heterocycles. The zero-order valence-electron chi connectivity index (χ0n) is 14.5. The number of carbonyl (C=O) groups excluding carboxylic acids is 1. The Hall–Kier alpha value is -2.89. The maximum Gasteiger partial charge on any atom is 0.255 e. The van der Waals surface area contributed by atoms with Crippen molar-refractivity contribution in [3.63, 3.8) is 0 Å². The highest BCUT2D eigenvalue weighted by atomic mass is 16.5. The van der Waals surface area contributed by atoms with Gasteiger partial charge in [-0.05, 0) is 31.5 Å². The molecule has 6 heteroatoms. The van der Waals surface area contributed by atoms with Gasteiger partial charge in [0.2, 0.25) is 0 Å². The highest BCUT2D eigenvalue weighted by Crippen LogP contribution is 2.30. The van der Waals surface area contributed by atoms with Crippen LogP contribution >= 0.6 is 0 Å². The number of fused-ring (bicyclic) bond motifs is 2. The van der Waals surface area contributed by atoms with Gasteiger partial charge in [-0.2, -0.15) is 0 Å². The molecular weight excluding hydrogens is 316 g/mol. The largest absolute Gasteiger partial charge is 0.488 e. The van der Waals surface area contributed by atoms with Crippen LogP contribution in [0.15, 0.2) is 36.5 Å². The molecular formula is C19H20N4O2. The van der Waals surface area contributed by atoms with Crippen LogP contribution in [-0.2, 0) is 6.42 Å². The fraction of sp³-hybridized carbons (Fsp3) is 0.316. The van der Waals surface area contributed by atoms with Crippen molar-refractivity contribution in [1.82, 2.24) is 19.9 Å². The van der Waals surface area contributed by atoms with Crippen LogP contribution in [0, 0.1) is 6.92 Å². The van der Waals surface area contributed by atoms with Crippen molar-refractivity contribution in [3.05, 3.63) is 53.5 Å². The number of H-pyrrole nitrogens is 1. The number of likely N-dealkylation sites (N-methyl/N-ethyl adjacent to an activating group) is 1. The maximum absolute atomic E-state index is 12.9. The first-order valence-electron chi connectivity index (χ1n) is 8.37. The monoisotopic (exact) mass is 336 g/mol. The summed E-state index contributed by atoms with van der Waals surface area (Å²) in [7, 11) is 1.81. The molecule has 0 fully saturated rings. The molecule has 0 radical (unpaired) electrons. The van der Waals surface area contributed by atoms with E-state index >= 15 is 0 Å². The minimum Gasteiger partial charge on any atom is -0.488 e. The summed E-state index contributed by atoms with van der Waals surface area (Å²) in [5.74, 6) is 1.62. The normalized spacial score (nSPS) is 17.2. The van der Waals surface area contributed by atoms with Gasteiger partial charge in [0.1, 0.15) is 17.7 Å². The summed E-state index contributed by atoms with van der Waals surface area (Å²) in [4.78, 5) is 26.2. The van der Waals surface area contributed by atoms with Crippen molar-refractivity contribution >= 4 is 17.1 Å². The first-order chi connectivity index (χ1) is 12.0. The zero-order valence-corrected chi connectivity index (χ0v) is 14.5. The highest BCUT2D eigenvalue weighted by molar-refractivity contribution is 5.96. The quantitative estimate of drug-likeness (QED) is 0.798. The molecule has 0 spiro atoms. The molecule has 3 heterocycles. The Labute approximate surface area is 145 Å². The van der Waals surface area contributed by atoms with Crippen molar-refractivity contribution in [2.24, 2.45) is 0 Å². The van der Waals surface area contributed by atoms with Crippen LogP contribution in [-0.4, -0.2) is 45.0 Å². The molecule has 6 nitrogen and oxygen atoms in total. The predicted octanol–water partition coefficient (Wildman–Crippen LogP) is 2.73. The summed E-state index contributed by atoms with van der Waals surface area (Å²) >= 11 is 0. The minimum absolute atomic E-state index is 0.0440. The number of hydrogen-bond donors (Lipinski definition) is 1. The average molecular weight is 336 g/mol. The first kappa shape index (κ1) is 15.6. The average Bonchev–Trinajstić information content (AvgIpc) is 3.21. The molecule has 0 saturated carbocycles. The smallest absolute Gasteiger partial charge is 0.255 e. The van der Waals surface area contributed by atoms with Crippen LogP contribution < -0.4 is 4.74 Å². The SMILES string of the molecule is Cc1nc2ncc(C(=O)N(C)[C@H](C)[C@H]3Cc4ccccc4O3)cc2[nH]1. The third kappa shape index (κ3) is 2.73. The Balaban J connectivity index is 1.53. The van der Waals surface area contributed by atoms with E-state index in [-0.39, 0.29) is 18.1 Å². The van der Waals surface area contributed by atoms with Gasteiger partial charge < -0.3 is 14.6 Å².